The van der Waals surface area contributed by atoms with Crippen molar-refractivity contribution in [3.05, 3.63) is 40.2 Å². The van der Waals surface area contributed by atoms with E-state index >= 15 is 0 Å². The molecule has 3 rings (SSSR count). The summed E-state index contributed by atoms with van der Waals surface area (Å²) in [7, 11) is 0. The molecule has 3 aromatic rings. The van der Waals surface area contributed by atoms with Gasteiger partial charge in [-0.15, -0.1) is 0 Å². The first-order valence-electron chi connectivity index (χ1n) is 5.84. The SMILES string of the molecule is Cc1ccc2nc(N)n(CCc3ccsc3)c2n1. The summed E-state index contributed by atoms with van der Waals surface area (Å²) in [6.07, 6.45) is 0.953. The van der Waals surface area contributed by atoms with Crippen molar-refractivity contribution in [2.75, 3.05) is 5.73 Å². The average molecular weight is 258 g/mol. The van der Waals surface area contributed by atoms with Crippen molar-refractivity contribution < 1.29 is 0 Å². The van der Waals surface area contributed by atoms with E-state index in [0.29, 0.717) is 5.95 Å². The predicted molar refractivity (Wildman–Crippen MR) is 74.7 cm³/mol. The van der Waals surface area contributed by atoms with Gasteiger partial charge in [-0.3, -0.25) is 4.57 Å². The molecular formula is C13H14N4S. The van der Waals surface area contributed by atoms with Crippen LogP contribution in [0.25, 0.3) is 11.2 Å². The number of aromatic nitrogens is 3. The van der Waals surface area contributed by atoms with E-state index in [0.717, 1.165) is 29.8 Å². The maximum absolute atomic E-state index is 5.96. The molecule has 4 nitrogen and oxygen atoms in total. The molecule has 0 radical (unpaired) electrons. The largest absolute Gasteiger partial charge is 0.369 e. The van der Waals surface area contributed by atoms with Gasteiger partial charge in [0.15, 0.2) is 5.65 Å². The fourth-order valence-electron chi connectivity index (χ4n) is 2.01. The molecule has 0 aliphatic carbocycles. The van der Waals surface area contributed by atoms with Crippen molar-refractivity contribution in [3.8, 4) is 0 Å². The second-order valence-electron chi connectivity index (χ2n) is 4.30. The summed E-state index contributed by atoms with van der Waals surface area (Å²) in [5, 5.41) is 4.25. The van der Waals surface area contributed by atoms with E-state index in [4.69, 9.17) is 5.73 Å². The number of thiophene rings is 1. The van der Waals surface area contributed by atoms with Crippen molar-refractivity contribution in [3.63, 3.8) is 0 Å². The van der Waals surface area contributed by atoms with Gasteiger partial charge in [-0.05, 0) is 47.9 Å². The molecule has 0 aliphatic rings. The number of fused-ring (bicyclic) bond motifs is 1. The molecule has 3 aromatic heterocycles. The number of rotatable bonds is 3. The van der Waals surface area contributed by atoms with Crippen LogP contribution in [0.2, 0.25) is 0 Å². The Labute approximate surface area is 109 Å². The number of hydrogen-bond acceptors (Lipinski definition) is 4. The number of pyridine rings is 1. The Balaban J connectivity index is 1.95. The first-order valence-corrected chi connectivity index (χ1v) is 6.79. The van der Waals surface area contributed by atoms with Crippen LogP contribution in [0.3, 0.4) is 0 Å². The van der Waals surface area contributed by atoms with Gasteiger partial charge in [0.2, 0.25) is 5.95 Å². The normalized spacial score (nSPS) is 11.2. The smallest absolute Gasteiger partial charge is 0.202 e. The third-order valence-electron chi connectivity index (χ3n) is 2.97. The van der Waals surface area contributed by atoms with E-state index in [2.05, 4.69) is 26.8 Å². The number of nitrogens with two attached hydrogens (primary N) is 1. The quantitative estimate of drug-likeness (QED) is 0.785. The molecule has 0 saturated carbocycles. The molecule has 0 spiro atoms. The second kappa shape index (κ2) is 4.42. The van der Waals surface area contributed by atoms with Crippen LogP contribution in [-0.4, -0.2) is 14.5 Å². The van der Waals surface area contributed by atoms with E-state index in [1.54, 1.807) is 11.3 Å². The minimum atomic E-state index is 0.540. The first-order chi connectivity index (χ1) is 8.74. The van der Waals surface area contributed by atoms with Crippen molar-refractivity contribution in [1.82, 2.24) is 14.5 Å². The number of nitrogen functional groups attached to an aromatic ring is 1. The van der Waals surface area contributed by atoms with Crippen LogP contribution in [0.15, 0.2) is 29.0 Å². The zero-order valence-electron chi connectivity index (χ0n) is 10.1. The van der Waals surface area contributed by atoms with E-state index in [1.165, 1.54) is 5.56 Å². The highest BCUT2D eigenvalue weighted by Gasteiger charge is 2.09. The minimum Gasteiger partial charge on any atom is -0.369 e. The van der Waals surface area contributed by atoms with Crippen LogP contribution in [0.4, 0.5) is 5.95 Å². The summed E-state index contributed by atoms with van der Waals surface area (Å²) in [5.74, 6) is 0.540. The highest BCUT2D eigenvalue weighted by molar-refractivity contribution is 7.07. The van der Waals surface area contributed by atoms with E-state index < -0.39 is 0 Å². The predicted octanol–water partition coefficient (Wildman–Crippen LogP) is 2.63. The van der Waals surface area contributed by atoms with Gasteiger partial charge in [0.25, 0.3) is 0 Å². The maximum atomic E-state index is 5.96. The van der Waals surface area contributed by atoms with Gasteiger partial charge in [0.05, 0.1) is 0 Å². The third-order valence-corrected chi connectivity index (χ3v) is 3.70. The fourth-order valence-corrected chi connectivity index (χ4v) is 2.71. The number of anilines is 1. The lowest BCUT2D eigenvalue weighted by Gasteiger charge is -2.05. The standard InChI is InChI=1S/C13H14N4S/c1-9-2-3-11-12(15-9)17(13(14)16-11)6-4-10-5-7-18-8-10/h2-3,5,7-8H,4,6H2,1H3,(H2,14,16). The molecule has 0 unspecified atom stereocenters. The molecule has 92 valence electrons. The van der Waals surface area contributed by atoms with Crippen LogP contribution in [0, 0.1) is 6.92 Å². The van der Waals surface area contributed by atoms with Gasteiger partial charge in [-0.1, -0.05) is 0 Å². The molecule has 0 bridgehead atoms. The Morgan fingerprint density at radius 2 is 2.17 bits per heavy atom. The molecule has 0 amide bonds. The van der Waals surface area contributed by atoms with Crippen LogP contribution in [0.1, 0.15) is 11.3 Å². The van der Waals surface area contributed by atoms with Gasteiger partial charge >= 0.3 is 0 Å². The second-order valence-corrected chi connectivity index (χ2v) is 5.08. The Kier molecular flexibility index (Phi) is 2.76. The van der Waals surface area contributed by atoms with E-state index in [9.17, 15) is 0 Å². The van der Waals surface area contributed by atoms with Gasteiger partial charge in [-0.25, -0.2) is 9.97 Å². The number of aryl methyl sites for hydroxylation is 3. The summed E-state index contributed by atoms with van der Waals surface area (Å²) in [5.41, 5.74) is 10.0. The lowest BCUT2D eigenvalue weighted by Crippen LogP contribution is -2.06. The van der Waals surface area contributed by atoms with Gasteiger partial charge in [-0.2, -0.15) is 11.3 Å². The average Bonchev–Trinajstić information content (AvgIpc) is 2.94. The Bertz CT molecular complexity index is 670. The number of hydrogen-bond donors (Lipinski definition) is 1. The molecule has 3 heterocycles. The molecule has 0 fully saturated rings. The summed E-state index contributed by atoms with van der Waals surface area (Å²) in [6.45, 7) is 2.79. The Morgan fingerprint density at radius 1 is 1.28 bits per heavy atom. The van der Waals surface area contributed by atoms with Crippen LogP contribution >= 0.6 is 11.3 Å². The minimum absolute atomic E-state index is 0.540. The van der Waals surface area contributed by atoms with Gasteiger partial charge < -0.3 is 5.73 Å². The first kappa shape index (κ1) is 11.2. The summed E-state index contributed by atoms with van der Waals surface area (Å²) < 4.78 is 1.99. The lowest BCUT2D eigenvalue weighted by molar-refractivity contribution is 0.720. The van der Waals surface area contributed by atoms with Crippen molar-refractivity contribution in [2.24, 2.45) is 0 Å². The molecule has 0 saturated heterocycles. The summed E-state index contributed by atoms with van der Waals surface area (Å²) in [6, 6.07) is 6.06. The highest BCUT2D eigenvalue weighted by Crippen LogP contribution is 2.17. The number of imidazole rings is 1. The fraction of sp³-hybridized carbons (Fsp3) is 0.231. The van der Waals surface area contributed by atoms with Crippen LogP contribution in [-0.2, 0) is 13.0 Å². The van der Waals surface area contributed by atoms with Crippen LogP contribution in [0.5, 0.6) is 0 Å². The van der Waals surface area contributed by atoms with Gasteiger partial charge in [0.1, 0.15) is 5.52 Å². The van der Waals surface area contributed by atoms with Gasteiger partial charge in [0, 0.05) is 12.2 Å². The Hall–Kier alpha value is -1.88. The molecule has 18 heavy (non-hydrogen) atoms. The lowest BCUT2D eigenvalue weighted by atomic mass is 10.2. The summed E-state index contributed by atoms with van der Waals surface area (Å²) >= 11 is 1.72. The topological polar surface area (TPSA) is 56.7 Å². The van der Waals surface area contributed by atoms with Crippen LogP contribution < -0.4 is 5.73 Å². The third kappa shape index (κ3) is 1.97. The molecule has 0 aliphatic heterocycles. The number of nitrogens with zero attached hydrogens (tertiary/aromatic N) is 3. The van der Waals surface area contributed by atoms with Crippen molar-refractivity contribution in [1.29, 1.82) is 0 Å². The zero-order chi connectivity index (χ0) is 12.5. The Morgan fingerprint density at radius 3 is 2.94 bits per heavy atom. The maximum Gasteiger partial charge on any atom is 0.202 e. The molecular weight excluding hydrogens is 244 g/mol. The van der Waals surface area contributed by atoms with Crippen molar-refractivity contribution in [2.45, 2.75) is 19.9 Å². The monoisotopic (exact) mass is 258 g/mol. The molecule has 5 heteroatoms. The van der Waals surface area contributed by atoms with E-state index in [-0.39, 0.29) is 0 Å². The molecule has 0 aromatic carbocycles. The molecule has 2 N–H and O–H groups in total. The molecule has 0 atom stereocenters. The highest BCUT2D eigenvalue weighted by atomic mass is 32.1. The van der Waals surface area contributed by atoms with Crippen molar-refractivity contribution >= 4 is 28.4 Å². The summed E-state index contributed by atoms with van der Waals surface area (Å²) in [4.78, 5) is 8.85. The zero-order valence-corrected chi connectivity index (χ0v) is 10.9. The van der Waals surface area contributed by atoms with E-state index in [1.807, 2.05) is 23.6 Å².